The van der Waals surface area contributed by atoms with Gasteiger partial charge >= 0.3 is 7.12 Å². The van der Waals surface area contributed by atoms with Crippen molar-refractivity contribution in [2.45, 2.75) is 27.7 Å². The number of nitrogens with two attached hydrogens (primary N) is 1. The second kappa shape index (κ2) is 49.2. The van der Waals surface area contributed by atoms with Gasteiger partial charge in [0.25, 0.3) is 0 Å². The van der Waals surface area contributed by atoms with Crippen LogP contribution in [-0.2, 0) is 4.74 Å². The third-order valence-electron chi connectivity index (χ3n) is 19.6. The maximum Gasteiger partial charge on any atom is 0.489 e. The Morgan fingerprint density at radius 3 is 1.15 bits per heavy atom. The average molecular weight is 2310 g/mol. The highest BCUT2D eigenvalue weighted by atomic mass is 127. The van der Waals surface area contributed by atoms with Crippen LogP contribution in [0.15, 0.2) is 438 Å². The van der Waals surface area contributed by atoms with Crippen molar-refractivity contribution in [3.05, 3.63) is 445 Å². The van der Waals surface area contributed by atoms with Crippen molar-refractivity contribution < 1.29 is 17.6 Å². The Kier molecular flexibility index (Phi) is 38.6. The van der Waals surface area contributed by atoms with Crippen LogP contribution in [0.3, 0.4) is 0 Å². The highest BCUT2D eigenvalue weighted by Gasteiger charge is 2.17. The Balaban J connectivity index is 0.000000181. The number of nitrogen functional groups attached to an aromatic ring is 1. The number of nitrogens with one attached hydrogen (secondary N) is 1. The number of benzene rings is 18. The highest BCUT2D eigenvalue weighted by Crippen LogP contribution is 2.38. The van der Waals surface area contributed by atoms with E-state index in [0.29, 0.717) is 5.46 Å². The monoisotopic (exact) mass is 2300 g/mol. The fourth-order valence-electron chi connectivity index (χ4n) is 13.9. The van der Waals surface area contributed by atoms with Gasteiger partial charge < -0.3 is 35.0 Å². The Morgan fingerprint density at radius 2 is 0.677 bits per heavy atom. The number of para-hydroxylation sites is 6. The molecular weight excluding hydrogens is 2210 g/mol. The molecule has 0 bridgehead atoms. The minimum Gasteiger partial charge on any atom is -0.423 e. The van der Waals surface area contributed by atoms with Crippen LogP contribution in [0.5, 0.6) is 0 Å². The van der Waals surface area contributed by atoms with Crippen LogP contribution < -0.4 is 16.5 Å². The zero-order valence-electron chi connectivity index (χ0n) is 65.8. The number of anilines is 3. The summed E-state index contributed by atoms with van der Waals surface area (Å²) in [6.07, 6.45) is 2.56. The largest absolute Gasteiger partial charge is 0.489 e. The van der Waals surface area contributed by atoms with E-state index >= 15 is 0 Å². The van der Waals surface area contributed by atoms with Gasteiger partial charge in [-0.05, 0) is 281 Å². The minimum absolute atomic E-state index is 0. The first-order chi connectivity index (χ1) is 59.0. The molecule has 623 valence electrons. The second-order valence-electron chi connectivity index (χ2n) is 27.7. The Bertz CT molecular complexity index is 6720. The lowest BCUT2D eigenvalue weighted by Gasteiger charge is -2.09. The lowest BCUT2D eigenvalue weighted by atomic mass is 9.77. The van der Waals surface area contributed by atoms with Crippen LogP contribution in [0.2, 0.25) is 0 Å². The third-order valence-corrected chi connectivity index (χ3v) is 25.5. The second-order valence-corrected chi connectivity index (χ2v) is 36.3. The molecule has 1 saturated heterocycles. The molecule has 0 aliphatic carbocycles. The molecule has 3 radical (unpaired) electrons. The molecule has 1 aliphatic rings. The first-order valence-electron chi connectivity index (χ1n) is 38.9. The lowest BCUT2D eigenvalue weighted by molar-refractivity contribution is 0.198. The van der Waals surface area contributed by atoms with Crippen LogP contribution in [0, 0.1) is 7.14 Å². The van der Waals surface area contributed by atoms with E-state index in [2.05, 4.69) is 444 Å². The van der Waals surface area contributed by atoms with E-state index in [1.54, 1.807) is 6.07 Å². The number of rotatable bonds is 6. The van der Waals surface area contributed by atoms with Crippen LogP contribution >= 0.6 is 157 Å². The van der Waals surface area contributed by atoms with Gasteiger partial charge in [0.1, 0.15) is 0 Å². The fourth-order valence-corrected chi connectivity index (χ4v) is 17.7. The summed E-state index contributed by atoms with van der Waals surface area (Å²) in [5.41, 5.74) is 18.8. The van der Waals surface area contributed by atoms with Crippen molar-refractivity contribution >= 4 is 281 Å². The molecule has 3 heterocycles. The van der Waals surface area contributed by atoms with Crippen molar-refractivity contribution in [3.8, 4) is 22.5 Å². The summed E-state index contributed by atoms with van der Waals surface area (Å²) < 4.78 is 19.9. The molecule has 18 heteroatoms. The van der Waals surface area contributed by atoms with E-state index < -0.39 is 7.12 Å². The number of halogens is 9. The maximum absolute atomic E-state index is 9.15. The molecule has 2 aromatic heterocycles. The topological polar surface area (TPSA) is 97.6 Å². The van der Waals surface area contributed by atoms with Gasteiger partial charge in [-0.15, -0.1) is 0 Å². The molecule has 0 spiro atoms. The van der Waals surface area contributed by atoms with Crippen molar-refractivity contribution in [1.29, 1.82) is 0 Å². The van der Waals surface area contributed by atoms with Gasteiger partial charge in [-0.3, -0.25) is 0 Å². The molecular formula is C106H92B2Br7I2N4O3. The molecule has 0 amide bonds. The summed E-state index contributed by atoms with van der Waals surface area (Å²) in [6.45, 7) is 2.00. The van der Waals surface area contributed by atoms with Gasteiger partial charge in [-0.2, -0.15) is 0 Å². The number of ether oxygens (including phenoxy) is 1. The molecule has 124 heavy (non-hydrogen) atoms. The van der Waals surface area contributed by atoms with Gasteiger partial charge in [0.2, 0.25) is 0 Å². The van der Waals surface area contributed by atoms with E-state index in [1.807, 2.05) is 127 Å². The maximum atomic E-state index is 9.15. The summed E-state index contributed by atoms with van der Waals surface area (Å²) >= 11 is 29.0. The van der Waals surface area contributed by atoms with Crippen molar-refractivity contribution in [1.82, 2.24) is 9.13 Å². The number of hydrogen-bond donors (Lipinski definition) is 4. The van der Waals surface area contributed by atoms with Crippen LogP contribution in [0.4, 0.5) is 17.1 Å². The van der Waals surface area contributed by atoms with Gasteiger partial charge in [0.15, 0.2) is 0 Å². The lowest BCUT2D eigenvalue weighted by Crippen LogP contribution is -2.30. The standard InChI is InChI=1S/C24H18N2.C18H12IN.C16H10Br2.C10H8BBrO2.C10H6Br2.C10H7Br.C6H4BrI.C6H7N.C4H8O.2CH4.B.2H2/c1-3-9-18(10-4-1)25-19-15-16-24-22(17-19)21-13-7-8-14-23(21)26(24)20-11-5-2-6-12-20;19-13-10-11-18-16(12-13)15-8-4-5-9-17(15)20(18)14-6-2-1-3-7-14;17-12-7-5-11(6-8-12)13-9-10-16(18)15-4-2-1-3-14(13)15;12-10-6-5-9(11(13)14)7-3-1-2-4-8(7)10;11-9-5-6-10(12)8-4-2-1-3-7(8)9;11-10-7-3-5-8-4-1-2-6-9(8)10;7-5-1-3-6(8)4-2-5;7-6-4-2-1-3-5-6;1-2-4-5-3-1;;;;;/h1-17,25H;1-12H;1-10H;1-6,13-14H;1-6H;1-7H;1-4H;1-5H,7H2;1-4H2;2*1H4;;2*1H/i;;;;;;;;;;;;2*1+1. The SMILES string of the molecule is Brc1ccc(-c2ccc(Br)c3ccccc23)cc1.Brc1ccc(Br)c2ccccc12.Brc1ccc(I)cc1.Brc1cccc2ccccc12.C.C.C1CCOC1.Ic1ccc2c(c1)c1ccccc1n2-c1ccccc1.Nc1ccccc1.OB(O)c1ccc(Br)c2ccccc12.[2HH].[2HH].[B].c1ccc(Nc2ccc3c(c2)c2ccccc2n3-c2ccccc2)cc1. The van der Waals surface area contributed by atoms with Gasteiger partial charge in [0.05, 0.1) is 22.1 Å². The van der Waals surface area contributed by atoms with Crippen LogP contribution in [0.1, 0.15) is 30.5 Å². The van der Waals surface area contributed by atoms with Crippen LogP contribution in [-0.4, -0.2) is 47.9 Å². The highest BCUT2D eigenvalue weighted by molar-refractivity contribution is 14.1. The quantitative estimate of drug-likeness (QED) is 0.0756. The molecule has 20 aromatic rings. The Labute approximate surface area is 818 Å². The smallest absolute Gasteiger partial charge is 0.423 e. The zero-order valence-corrected chi connectivity index (χ0v) is 81.3. The van der Waals surface area contributed by atoms with E-state index in [1.165, 1.54) is 118 Å². The van der Waals surface area contributed by atoms with E-state index in [0.717, 1.165) is 72.4 Å². The number of nitrogens with zero attached hydrogens (tertiary/aromatic N) is 2. The van der Waals surface area contributed by atoms with Crippen LogP contribution in [0.25, 0.3) is 109 Å². The molecule has 1 fully saturated rings. The normalized spacial score (nSPS) is 10.9. The molecule has 0 saturated carbocycles. The predicted octanol–water partition coefficient (Wildman–Crippen LogP) is 33.7. The number of hydrogen-bond acceptors (Lipinski definition) is 5. The Hall–Kier alpha value is -8.97. The predicted molar refractivity (Wildman–Crippen MR) is 582 cm³/mol. The molecule has 0 atom stereocenters. The average Bonchev–Trinajstić information content (AvgIpc) is 1.61. The molecule has 18 aromatic carbocycles. The zero-order chi connectivity index (χ0) is 84.4. The summed E-state index contributed by atoms with van der Waals surface area (Å²) in [6, 6.07) is 139. The van der Waals surface area contributed by atoms with Gasteiger partial charge in [-0.1, -0.05) is 369 Å². The first-order valence-corrected chi connectivity index (χ1v) is 46.6. The van der Waals surface area contributed by atoms with Crippen molar-refractivity contribution in [2.24, 2.45) is 0 Å². The first kappa shape index (κ1) is 97.2. The number of fused-ring (bicyclic) bond motifs is 10. The van der Waals surface area contributed by atoms with Crippen molar-refractivity contribution in [3.63, 3.8) is 0 Å². The molecule has 0 unspecified atom stereocenters. The molecule has 1 aliphatic heterocycles. The summed E-state index contributed by atoms with van der Waals surface area (Å²) in [7, 11) is -1.42. The van der Waals surface area contributed by atoms with E-state index in [-0.39, 0.29) is 26.1 Å². The number of aromatic nitrogens is 2. The Morgan fingerprint density at radius 1 is 0.315 bits per heavy atom. The summed E-state index contributed by atoms with van der Waals surface area (Å²) in [5, 5.41) is 36.4. The molecule has 7 nitrogen and oxygen atoms in total. The molecule has 21 rings (SSSR count). The van der Waals surface area contributed by atoms with E-state index in [9.17, 15) is 0 Å². The van der Waals surface area contributed by atoms with Crippen molar-refractivity contribution in [2.75, 3.05) is 24.3 Å². The molecule has 5 N–H and O–H groups in total. The third kappa shape index (κ3) is 26.1. The minimum atomic E-state index is -1.42. The summed E-state index contributed by atoms with van der Waals surface area (Å²) in [4.78, 5) is 0. The van der Waals surface area contributed by atoms with Gasteiger partial charge in [0, 0.05) is 113 Å². The summed E-state index contributed by atoms with van der Waals surface area (Å²) in [5.74, 6) is 0. The van der Waals surface area contributed by atoms with E-state index in [4.69, 9.17) is 20.5 Å². The fraction of sp³-hybridized carbons (Fsp3) is 0.0566. The van der Waals surface area contributed by atoms with Gasteiger partial charge in [-0.25, -0.2) is 0 Å².